The first-order valence-corrected chi connectivity index (χ1v) is 8.44. The Bertz CT molecular complexity index is 698. The third kappa shape index (κ3) is 5.38. The minimum Gasteiger partial charge on any atom is -0.467 e. The van der Waals surface area contributed by atoms with Crippen LogP contribution in [0.3, 0.4) is 0 Å². The minimum atomic E-state index is -0.190. The summed E-state index contributed by atoms with van der Waals surface area (Å²) in [4.78, 5) is 25.6. The highest BCUT2D eigenvalue weighted by atomic mass is 16.3. The maximum absolute atomic E-state index is 12.3. The number of hydrogen-bond acceptors (Lipinski definition) is 3. The summed E-state index contributed by atoms with van der Waals surface area (Å²) in [5.41, 5.74) is 1.66. The summed E-state index contributed by atoms with van der Waals surface area (Å²) in [5.74, 6) is 0.731. The summed E-state index contributed by atoms with van der Waals surface area (Å²) in [5, 5.41) is 5.74. The lowest BCUT2D eigenvalue weighted by atomic mass is 10.2. The summed E-state index contributed by atoms with van der Waals surface area (Å²) in [6, 6.07) is 10.8. The van der Waals surface area contributed by atoms with Gasteiger partial charge >= 0.3 is 6.03 Å². The molecule has 0 aliphatic rings. The molecule has 25 heavy (non-hydrogen) atoms. The fourth-order valence-corrected chi connectivity index (χ4v) is 2.41. The van der Waals surface area contributed by atoms with Crippen molar-refractivity contribution in [1.82, 2.24) is 10.2 Å². The van der Waals surface area contributed by atoms with E-state index in [1.54, 1.807) is 24.3 Å². The lowest BCUT2D eigenvalue weighted by molar-refractivity contribution is -0.116. The van der Waals surface area contributed by atoms with Crippen LogP contribution in [-0.4, -0.2) is 23.9 Å². The van der Waals surface area contributed by atoms with E-state index in [0.29, 0.717) is 13.0 Å². The number of nitrogens with one attached hydrogen (secondary N) is 2. The molecule has 2 N–H and O–H groups in total. The first-order chi connectivity index (χ1) is 12.0. The summed E-state index contributed by atoms with van der Waals surface area (Å²) < 4.78 is 5.34. The van der Waals surface area contributed by atoms with Gasteiger partial charge in [0.25, 0.3) is 0 Å². The molecule has 1 aromatic carbocycles. The molecule has 0 saturated heterocycles. The molecular formula is C19H25N3O3. The van der Waals surface area contributed by atoms with E-state index in [0.717, 1.165) is 23.4 Å². The predicted octanol–water partition coefficient (Wildman–Crippen LogP) is 3.92. The van der Waals surface area contributed by atoms with E-state index in [1.165, 1.54) is 0 Å². The van der Waals surface area contributed by atoms with Gasteiger partial charge in [-0.1, -0.05) is 19.1 Å². The van der Waals surface area contributed by atoms with Crippen molar-refractivity contribution in [3.8, 4) is 0 Å². The standard InChI is InChI=1S/C19H25N3O3/c1-4-7-18(23)21-16-9-5-8-15(12-16)13-20-19(24)22(3)14(2)17-10-6-11-25-17/h5-6,8-12,14H,4,7,13H2,1-3H3,(H,20,24)(H,21,23). The van der Waals surface area contributed by atoms with Gasteiger partial charge in [0.1, 0.15) is 5.76 Å². The molecule has 0 fully saturated rings. The lowest BCUT2D eigenvalue weighted by Crippen LogP contribution is -2.38. The fourth-order valence-electron chi connectivity index (χ4n) is 2.41. The van der Waals surface area contributed by atoms with E-state index in [1.807, 2.05) is 44.2 Å². The van der Waals surface area contributed by atoms with Crippen LogP contribution in [0.1, 0.15) is 44.1 Å². The Labute approximate surface area is 148 Å². The largest absolute Gasteiger partial charge is 0.467 e. The van der Waals surface area contributed by atoms with E-state index >= 15 is 0 Å². The van der Waals surface area contributed by atoms with Gasteiger partial charge in [0.05, 0.1) is 12.3 Å². The zero-order valence-corrected chi connectivity index (χ0v) is 14.9. The Morgan fingerprint density at radius 1 is 1.24 bits per heavy atom. The number of benzene rings is 1. The quantitative estimate of drug-likeness (QED) is 0.800. The molecule has 1 aromatic heterocycles. The molecule has 0 spiro atoms. The molecular weight excluding hydrogens is 318 g/mol. The van der Waals surface area contributed by atoms with E-state index in [-0.39, 0.29) is 18.0 Å². The maximum atomic E-state index is 12.3. The predicted molar refractivity (Wildman–Crippen MR) is 97.1 cm³/mol. The molecule has 0 aliphatic heterocycles. The topological polar surface area (TPSA) is 74.6 Å². The Kier molecular flexibility index (Phi) is 6.62. The van der Waals surface area contributed by atoms with Gasteiger partial charge in [0, 0.05) is 25.7 Å². The molecule has 1 atom stereocenters. The second kappa shape index (κ2) is 8.92. The number of rotatable bonds is 7. The fraction of sp³-hybridized carbons (Fsp3) is 0.368. The number of furan rings is 1. The molecule has 6 nitrogen and oxygen atoms in total. The first-order valence-electron chi connectivity index (χ1n) is 8.44. The highest BCUT2D eigenvalue weighted by molar-refractivity contribution is 5.90. The molecule has 0 saturated carbocycles. The molecule has 6 heteroatoms. The van der Waals surface area contributed by atoms with Gasteiger partial charge in [-0.25, -0.2) is 4.79 Å². The summed E-state index contributed by atoms with van der Waals surface area (Å²) in [6.07, 6.45) is 2.90. The van der Waals surface area contributed by atoms with Gasteiger partial charge in [0.2, 0.25) is 5.91 Å². The van der Waals surface area contributed by atoms with Crippen LogP contribution in [0.2, 0.25) is 0 Å². The van der Waals surface area contributed by atoms with Crippen LogP contribution in [0.5, 0.6) is 0 Å². The third-order valence-electron chi connectivity index (χ3n) is 3.99. The molecule has 1 unspecified atom stereocenters. The molecule has 0 radical (unpaired) electrons. The number of nitrogens with zero attached hydrogens (tertiary/aromatic N) is 1. The smallest absolute Gasteiger partial charge is 0.318 e. The molecule has 3 amide bonds. The molecule has 2 aromatic rings. The molecule has 0 aliphatic carbocycles. The summed E-state index contributed by atoms with van der Waals surface area (Å²) >= 11 is 0. The number of amides is 3. The first kappa shape index (κ1) is 18.6. The highest BCUT2D eigenvalue weighted by Gasteiger charge is 2.19. The van der Waals surface area contributed by atoms with Crippen molar-refractivity contribution in [1.29, 1.82) is 0 Å². The zero-order valence-electron chi connectivity index (χ0n) is 14.9. The average molecular weight is 343 g/mol. The Hall–Kier alpha value is -2.76. The molecule has 2 rings (SSSR count). The number of carbonyl (C=O) groups excluding carboxylic acids is 2. The lowest BCUT2D eigenvalue weighted by Gasteiger charge is -2.23. The average Bonchev–Trinajstić information content (AvgIpc) is 3.13. The van der Waals surface area contributed by atoms with Crippen molar-refractivity contribution in [2.75, 3.05) is 12.4 Å². The zero-order chi connectivity index (χ0) is 18.2. The van der Waals surface area contributed by atoms with Crippen LogP contribution in [0.15, 0.2) is 47.1 Å². The van der Waals surface area contributed by atoms with E-state index in [9.17, 15) is 9.59 Å². The van der Waals surface area contributed by atoms with Crippen LogP contribution < -0.4 is 10.6 Å². The monoisotopic (exact) mass is 343 g/mol. The summed E-state index contributed by atoms with van der Waals surface area (Å²) in [7, 11) is 1.73. The van der Waals surface area contributed by atoms with Crippen LogP contribution in [0, 0.1) is 0 Å². The normalized spacial score (nSPS) is 11.6. The number of urea groups is 1. The maximum Gasteiger partial charge on any atom is 0.318 e. The number of anilines is 1. The van der Waals surface area contributed by atoms with E-state index in [2.05, 4.69) is 10.6 Å². The van der Waals surface area contributed by atoms with Crippen molar-refractivity contribution in [3.63, 3.8) is 0 Å². The van der Waals surface area contributed by atoms with E-state index < -0.39 is 0 Å². The Balaban J connectivity index is 1.90. The second-order valence-corrected chi connectivity index (χ2v) is 5.96. The minimum absolute atomic E-state index is 0.00399. The van der Waals surface area contributed by atoms with Gasteiger partial charge in [-0.3, -0.25) is 4.79 Å². The third-order valence-corrected chi connectivity index (χ3v) is 3.99. The number of hydrogen-bond donors (Lipinski definition) is 2. The van der Waals surface area contributed by atoms with Crippen molar-refractivity contribution in [3.05, 3.63) is 54.0 Å². The van der Waals surface area contributed by atoms with Gasteiger partial charge < -0.3 is 20.0 Å². The Morgan fingerprint density at radius 3 is 2.72 bits per heavy atom. The van der Waals surface area contributed by atoms with Crippen LogP contribution >= 0.6 is 0 Å². The SMILES string of the molecule is CCCC(=O)Nc1cccc(CNC(=O)N(C)C(C)c2ccco2)c1. The van der Waals surface area contributed by atoms with Crippen LogP contribution in [0.25, 0.3) is 0 Å². The highest BCUT2D eigenvalue weighted by Crippen LogP contribution is 2.19. The van der Waals surface area contributed by atoms with Crippen LogP contribution in [-0.2, 0) is 11.3 Å². The van der Waals surface area contributed by atoms with Gasteiger partial charge in [0.15, 0.2) is 0 Å². The number of carbonyl (C=O) groups is 2. The van der Waals surface area contributed by atoms with Crippen molar-refractivity contribution < 1.29 is 14.0 Å². The molecule has 134 valence electrons. The molecule has 1 heterocycles. The second-order valence-electron chi connectivity index (χ2n) is 5.96. The van der Waals surface area contributed by atoms with Crippen molar-refractivity contribution in [2.45, 2.75) is 39.3 Å². The molecule has 0 bridgehead atoms. The van der Waals surface area contributed by atoms with Crippen LogP contribution in [0.4, 0.5) is 10.5 Å². The van der Waals surface area contributed by atoms with Gasteiger partial charge in [-0.15, -0.1) is 0 Å². The Morgan fingerprint density at radius 2 is 2.04 bits per heavy atom. The van der Waals surface area contributed by atoms with Gasteiger partial charge in [-0.2, -0.15) is 0 Å². The summed E-state index contributed by atoms with van der Waals surface area (Å²) in [6.45, 7) is 4.25. The van der Waals surface area contributed by atoms with Crippen molar-refractivity contribution in [2.24, 2.45) is 0 Å². The van der Waals surface area contributed by atoms with Gasteiger partial charge in [-0.05, 0) is 43.2 Å². The van der Waals surface area contributed by atoms with E-state index in [4.69, 9.17) is 4.42 Å². The van der Waals surface area contributed by atoms with Crippen molar-refractivity contribution >= 4 is 17.6 Å².